The molecular weight excluding hydrogens is 220 g/mol. The van der Waals surface area contributed by atoms with Crippen LogP contribution in [0.25, 0.3) is 5.69 Å². The molecule has 2 aromatic rings. The molecule has 1 aromatic heterocycles. The van der Waals surface area contributed by atoms with Gasteiger partial charge in [-0.2, -0.15) is 0 Å². The van der Waals surface area contributed by atoms with Crippen LogP contribution < -0.4 is 4.74 Å². The first kappa shape index (κ1) is 11.2. The molecule has 5 heteroatoms. The summed E-state index contributed by atoms with van der Waals surface area (Å²) < 4.78 is 6.82. The van der Waals surface area contributed by atoms with Crippen LogP contribution in [0.3, 0.4) is 0 Å². The van der Waals surface area contributed by atoms with Gasteiger partial charge in [-0.05, 0) is 30.7 Å². The highest BCUT2D eigenvalue weighted by Crippen LogP contribution is 2.20. The molecule has 0 spiro atoms. The zero-order valence-electron chi connectivity index (χ0n) is 9.54. The Morgan fingerprint density at radius 3 is 2.76 bits per heavy atom. The molecule has 88 valence electrons. The fourth-order valence-corrected chi connectivity index (χ4v) is 1.60. The van der Waals surface area contributed by atoms with Gasteiger partial charge < -0.3 is 14.4 Å². The normalized spacial score (nSPS) is 10.2. The van der Waals surface area contributed by atoms with Crippen LogP contribution in [0.15, 0.2) is 30.7 Å². The Morgan fingerprint density at radius 1 is 1.47 bits per heavy atom. The average molecular weight is 232 g/mol. The molecule has 1 N–H and O–H groups in total. The third kappa shape index (κ3) is 2.13. The van der Waals surface area contributed by atoms with Crippen LogP contribution in [0, 0.1) is 6.92 Å². The highest BCUT2D eigenvalue weighted by atomic mass is 16.5. The fourth-order valence-electron chi connectivity index (χ4n) is 1.60. The number of carboxylic acid groups (broad SMARTS) is 1. The van der Waals surface area contributed by atoms with E-state index in [9.17, 15) is 4.79 Å². The Labute approximate surface area is 98.3 Å². The van der Waals surface area contributed by atoms with E-state index in [2.05, 4.69) is 4.98 Å². The van der Waals surface area contributed by atoms with Crippen molar-refractivity contribution in [2.24, 2.45) is 0 Å². The van der Waals surface area contributed by atoms with Crippen LogP contribution in [0.2, 0.25) is 0 Å². The number of imidazole rings is 1. The molecule has 0 saturated heterocycles. The maximum atomic E-state index is 10.7. The number of methoxy groups -OCH3 is 1. The van der Waals surface area contributed by atoms with Crippen LogP contribution in [0.1, 0.15) is 16.1 Å². The fraction of sp³-hybridized carbons (Fsp3) is 0.167. The summed E-state index contributed by atoms with van der Waals surface area (Å²) in [6.07, 6.45) is 2.95. The van der Waals surface area contributed by atoms with Crippen LogP contribution >= 0.6 is 0 Å². The second-order valence-corrected chi connectivity index (χ2v) is 3.63. The number of hydrogen-bond donors (Lipinski definition) is 1. The van der Waals surface area contributed by atoms with Gasteiger partial charge >= 0.3 is 5.97 Å². The molecule has 0 aliphatic rings. The first-order valence-corrected chi connectivity index (χ1v) is 5.04. The Hall–Kier alpha value is -2.30. The molecule has 0 amide bonds. The lowest BCUT2D eigenvalue weighted by Gasteiger charge is -2.07. The van der Waals surface area contributed by atoms with E-state index < -0.39 is 5.97 Å². The predicted octanol–water partition coefficient (Wildman–Crippen LogP) is 1.89. The maximum Gasteiger partial charge on any atom is 0.356 e. The van der Waals surface area contributed by atoms with E-state index in [4.69, 9.17) is 9.84 Å². The summed E-state index contributed by atoms with van der Waals surface area (Å²) in [5.74, 6) is -0.235. The Morgan fingerprint density at radius 2 is 2.24 bits per heavy atom. The largest absolute Gasteiger partial charge is 0.496 e. The van der Waals surface area contributed by atoms with E-state index in [1.165, 1.54) is 12.5 Å². The summed E-state index contributed by atoms with van der Waals surface area (Å²) in [6.45, 7) is 1.93. The average Bonchev–Trinajstić information content (AvgIpc) is 2.78. The van der Waals surface area contributed by atoms with Crippen LogP contribution in [0.5, 0.6) is 5.75 Å². The molecule has 5 nitrogen and oxygen atoms in total. The van der Waals surface area contributed by atoms with Gasteiger partial charge in [-0.1, -0.05) is 0 Å². The van der Waals surface area contributed by atoms with Crippen molar-refractivity contribution >= 4 is 5.97 Å². The molecule has 0 saturated carbocycles. The topological polar surface area (TPSA) is 64.4 Å². The van der Waals surface area contributed by atoms with Crippen molar-refractivity contribution in [3.8, 4) is 11.4 Å². The number of aromatic carboxylic acids is 1. The second kappa shape index (κ2) is 4.29. The molecule has 0 atom stereocenters. The molecular formula is C12H12N2O3. The summed E-state index contributed by atoms with van der Waals surface area (Å²) >= 11 is 0. The minimum Gasteiger partial charge on any atom is -0.496 e. The number of carbonyl (C=O) groups is 1. The molecule has 0 bridgehead atoms. The van der Waals surface area contributed by atoms with E-state index in [1.54, 1.807) is 11.7 Å². The number of rotatable bonds is 3. The van der Waals surface area contributed by atoms with Gasteiger partial charge in [-0.3, -0.25) is 0 Å². The van der Waals surface area contributed by atoms with E-state index >= 15 is 0 Å². The van der Waals surface area contributed by atoms with Crippen molar-refractivity contribution in [1.82, 2.24) is 9.55 Å². The van der Waals surface area contributed by atoms with Gasteiger partial charge in [0.2, 0.25) is 0 Å². The number of ether oxygens (including phenoxy) is 1. The van der Waals surface area contributed by atoms with Crippen molar-refractivity contribution < 1.29 is 14.6 Å². The van der Waals surface area contributed by atoms with Crippen LogP contribution in [-0.2, 0) is 0 Å². The minimum absolute atomic E-state index is 0.0264. The molecule has 2 rings (SSSR count). The Balaban J connectivity index is 2.39. The number of aromatic nitrogens is 2. The van der Waals surface area contributed by atoms with Crippen molar-refractivity contribution in [2.45, 2.75) is 6.92 Å². The first-order valence-electron chi connectivity index (χ1n) is 5.04. The molecule has 1 heterocycles. The summed E-state index contributed by atoms with van der Waals surface area (Å²) in [7, 11) is 1.61. The molecule has 17 heavy (non-hydrogen) atoms. The Kier molecular flexibility index (Phi) is 2.82. The van der Waals surface area contributed by atoms with Crippen molar-refractivity contribution in [3.63, 3.8) is 0 Å². The molecule has 0 radical (unpaired) electrons. The number of hydrogen-bond acceptors (Lipinski definition) is 3. The zero-order valence-corrected chi connectivity index (χ0v) is 9.54. The number of nitrogens with zero attached hydrogens (tertiary/aromatic N) is 2. The lowest BCUT2D eigenvalue weighted by atomic mass is 10.2. The van der Waals surface area contributed by atoms with E-state index in [0.29, 0.717) is 0 Å². The highest BCUT2D eigenvalue weighted by Gasteiger charge is 2.08. The van der Waals surface area contributed by atoms with Gasteiger partial charge in [-0.25, -0.2) is 9.78 Å². The zero-order chi connectivity index (χ0) is 12.4. The number of benzene rings is 1. The van der Waals surface area contributed by atoms with Crippen molar-refractivity contribution in [3.05, 3.63) is 42.0 Å². The summed E-state index contributed by atoms with van der Waals surface area (Å²) in [6, 6.07) is 5.59. The van der Waals surface area contributed by atoms with E-state index in [-0.39, 0.29) is 5.69 Å². The monoisotopic (exact) mass is 232 g/mol. The Bertz CT molecular complexity index is 561. The van der Waals surface area contributed by atoms with Crippen molar-refractivity contribution in [1.29, 1.82) is 0 Å². The quantitative estimate of drug-likeness (QED) is 0.877. The highest BCUT2D eigenvalue weighted by molar-refractivity contribution is 5.85. The summed E-state index contributed by atoms with van der Waals surface area (Å²) in [4.78, 5) is 14.5. The van der Waals surface area contributed by atoms with Gasteiger partial charge in [0.1, 0.15) is 12.1 Å². The van der Waals surface area contributed by atoms with E-state index in [0.717, 1.165) is 17.0 Å². The molecule has 0 fully saturated rings. The predicted molar refractivity (Wildman–Crippen MR) is 61.8 cm³/mol. The van der Waals surface area contributed by atoms with Crippen molar-refractivity contribution in [2.75, 3.05) is 7.11 Å². The van der Waals surface area contributed by atoms with Crippen LogP contribution in [-0.4, -0.2) is 27.7 Å². The standard InChI is InChI=1S/C12H12N2O3/c1-8-5-9(3-4-11(8)17-2)14-6-10(12(15)16)13-7-14/h3-7H,1-2H3,(H,15,16). The lowest BCUT2D eigenvalue weighted by molar-refractivity contribution is 0.0691. The number of aryl methyl sites for hydroxylation is 1. The van der Waals surface area contributed by atoms with Gasteiger partial charge in [0.15, 0.2) is 5.69 Å². The lowest BCUT2D eigenvalue weighted by Crippen LogP contribution is -1.96. The number of carboxylic acids is 1. The van der Waals surface area contributed by atoms with Gasteiger partial charge in [-0.15, -0.1) is 0 Å². The maximum absolute atomic E-state index is 10.7. The minimum atomic E-state index is -1.03. The third-order valence-electron chi connectivity index (χ3n) is 2.48. The molecule has 0 aliphatic carbocycles. The van der Waals surface area contributed by atoms with Crippen LogP contribution in [0.4, 0.5) is 0 Å². The smallest absolute Gasteiger partial charge is 0.356 e. The second-order valence-electron chi connectivity index (χ2n) is 3.63. The third-order valence-corrected chi connectivity index (χ3v) is 2.48. The van der Waals surface area contributed by atoms with Gasteiger partial charge in [0.25, 0.3) is 0 Å². The molecule has 0 aliphatic heterocycles. The first-order chi connectivity index (χ1) is 8.11. The molecule has 1 aromatic carbocycles. The SMILES string of the molecule is COc1ccc(-n2cnc(C(=O)O)c2)cc1C. The van der Waals surface area contributed by atoms with Gasteiger partial charge in [0, 0.05) is 11.9 Å². The van der Waals surface area contributed by atoms with Gasteiger partial charge in [0.05, 0.1) is 7.11 Å². The summed E-state index contributed by atoms with van der Waals surface area (Å²) in [5.41, 5.74) is 1.86. The molecule has 0 unspecified atom stereocenters. The summed E-state index contributed by atoms with van der Waals surface area (Å²) in [5, 5.41) is 8.79. The van der Waals surface area contributed by atoms with E-state index in [1.807, 2.05) is 25.1 Å².